The van der Waals surface area contributed by atoms with E-state index in [4.69, 9.17) is 5.73 Å². The van der Waals surface area contributed by atoms with Gasteiger partial charge in [-0.25, -0.2) is 0 Å². The van der Waals surface area contributed by atoms with Crippen molar-refractivity contribution in [3.63, 3.8) is 0 Å². The van der Waals surface area contributed by atoms with Crippen molar-refractivity contribution in [2.75, 3.05) is 13.1 Å². The maximum atomic E-state index is 11.3. The van der Waals surface area contributed by atoms with E-state index in [1.54, 1.807) is 0 Å². The van der Waals surface area contributed by atoms with E-state index in [0.717, 1.165) is 24.9 Å². The van der Waals surface area contributed by atoms with E-state index >= 15 is 0 Å². The molecule has 1 aliphatic carbocycles. The Morgan fingerprint density at radius 1 is 1.47 bits per heavy atom. The molecule has 1 saturated carbocycles. The van der Waals surface area contributed by atoms with Crippen LogP contribution in [0, 0.1) is 17.8 Å². The first-order chi connectivity index (χ1) is 7.99. The Labute approximate surface area is 103 Å². The molecule has 2 fully saturated rings. The second kappa shape index (κ2) is 4.94. The third kappa shape index (κ3) is 2.63. The minimum Gasteiger partial charge on any atom is -0.391 e. The van der Waals surface area contributed by atoms with Gasteiger partial charge in [0.1, 0.15) is 6.04 Å². The minimum atomic E-state index is -0.562. The van der Waals surface area contributed by atoms with Gasteiger partial charge in [-0.1, -0.05) is 13.8 Å². The maximum Gasteiger partial charge on any atom is 0.237 e. The van der Waals surface area contributed by atoms with Gasteiger partial charge in [0.05, 0.1) is 6.10 Å². The number of aliphatic hydroxyl groups is 1. The van der Waals surface area contributed by atoms with Gasteiger partial charge in [0.2, 0.25) is 5.91 Å². The van der Waals surface area contributed by atoms with Gasteiger partial charge in [0.25, 0.3) is 0 Å². The molecule has 3 N–H and O–H groups in total. The lowest BCUT2D eigenvalue weighted by Crippen LogP contribution is -2.48. The quantitative estimate of drug-likeness (QED) is 0.756. The van der Waals surface area contributed by atoms with E-state index in [1.165, 1.54) is 12.8 Å². The van der Waals surface area contributed by atoms with Crippen LogP contribution in [-0.4, -0.2) is 41.1 Å². The lowest BCUT2D eigenvalue weighted by atomic mass is 9.69. The van der Waals surface area contributed by atoms with Gasteiger partial charge in [-0.15, -0.1) is 0 Å². The molecule has 0 aromatic heterocycles. The molecule has 2 rings (SSSR count). The molecule has 0 spiro atoms. The molecule has 17 heavy (non-hydrogen) atoms. The summed E-state index contributed by atoms with van der Waals surface area (Å²) in [4.78, 5) is 13.4. The molecule has 4 nitrogen and oxygen atoms in total. The SMILES string of the molecule is CC(C)[C@H]1C[C@@H](CN2CC[C@@H](O)[C@H]2C(N)=O)C1. The van der Waals surface area contributed by atoms with Crippen LogP contribution in [-0.2, 0) is 4.79 Å². The predicted octanol–water partition coefficient (Wildman–Crippen LogP) is 0.589. The van der Waals surface area contributed by atoms with Crippen molar-refractivity contribution >= 4 is 5.91 Å². The summed E-state index contributed by atoms with van der Waals surface area (Å²) in [5, 5.41) is 9.73. The summed E-state index contributed by atoms with van der Waals surface area (Å²) in [5.74, 6) is 1.92. The van der Waals surface area contributed by atoms with Gasteiger partial charge < -0.3 is 10.8 Å². The molecule has 0 unspecified atom stereocenters. The summed E-state index contributed by atoms with van der Waals surface area (Å²) < 4.78 is 0. The molecule has 1 heterocycles. The van der Waals surface area contributed by atoms with Crippen molar-refractivity contribution in [3.05, 3.63) is 0 Å². The molecule has 2 atom stereocenters. The van der Waals surface area contributed by atoms with Crippen LogP contribution >= 0.6 is 0 Å². The van der Waals surface area contributed by atoms with Crippen LogP contribution < -0.4 is 5.73 Å². The van der Waals surface area contributed by atoms with Crippen molar-refractivity contribution < 1.29 is 9.90 Å². The third-order valence-corrected chi connectivity index (χ3v) is 4.47. The molecule has 1 amide bonds. The standard InChI is InChI=1S/C13H24N2O2/c1-8(2)10-5-9(6-10)7-15-4-3-11(16)12(15)13(14)17/h8-12,16H,3-7H2,1-2H3,(H2,14,17)/t9-,10+,11-,12+/m1/s1. The third-order valence-electron chi connectivity index (χ3n) is 4.47. The molecular formula is C13H24N2O2. The predicted molar refractivity (Wildman–Crippen MR) is 66.2 cm³/mol. The van der Waals surface area contributed by atoms with Gasteiger partial charge in [0, 0.05) is 13.1 Å². The Morgan fingerprint density at radius 2 is 2.12 bits per heavy atom. The zero-order valence-electron chi connectivity index (χ0n) is 10.8. The van der Waals surface area contributed by atoms with Crippen LogP contribution in [0.3, 0.4) is 0 Å². The van der Waals surface area contributed by atoms with Crippen LogP contribution in [0.15, 0.2) is 0 Å². The Balaban J connectivity index is 1.82. The minimum absolute atomic E-state index is 0.380. The molecule has 2 aliphatic rings. The van der Waals surface area contributed by atoms with Gasteiger partial charge >= 0.3 is 0 Å². The number of nitrogens with zero attached hydrogens (tertiary/aromatic N) is 1. The summed E-state index contributed by atoms with van der Waals surface area (Å²) in [6, 6.07) is -0.451. The molecule has 0 aromatic carbocycles. The summed E-state index contributed by atoms with van der Waals surface area (Å²) in [5.41, 5.74) is 5.35. The molecule has 1 saturated heterocycles. The van der Waals surface area contributed by atoms with Crippen LogP contribution in [0.25, 0.3) is 0 Å². The van der Waals surface area contributed by atoms with Crippen LogP contribution in [0.4, 0.5) is 0 Å². The number of likely N-dealkylation sites (tertiary alicyclic amines) is 1. The lowest BCUT2D eigenvalue weighted by Gasteiger charge is -2.41. The van der Waals surface area contributed by atoms with E-state index < -0.39 is 12.1 Å². The second-order valence-electron chi connectivity index (χ2n) is 6.04. The zero-order valence-corrected chi connectivity index (χ0v) is 10.8. The summed E-state index contributed by atoms with van der Waals surface area (Å²) >= 11 is 0. The fourth-order valence-corrected chi connectivity index (χ4v) is 3.23. The largest absolute Gasteiger partial charge is 0.391 e. The van der Waals surface area contributed by atoms with Gasteiger partial charge in [-0.3, -0.25) is 9.69 Å². The van der Waals surface area contributed by atoms with Crippen molar-refractivity contribution in [2.45, 2.75) is 45.3 Å². The number of amides is 1. The highest BCUT2D eigenvalue weighted by Crippen LogP contribution is 2.39. The first-order valence-electron chi connectivity index (χ1n) is 6.70. The second-order valence-corrected chi connectivity index (χ2v) is 6.04. The van der Waals surface area contributed by atoms with Crippen LogP contribution in [0.5, 0.6) is 0 Å². The number of carbonyl (C=O) groups excluding carboxylic acids is 1. The number of carbonyl (C=O) groups is 1. The monoisotopic (exact) mass is 240 g/mol. The highest BCUT2D eigenvalue weighted by molar-refractivity contribution is 5.80. The lowest BCUT2D eigenvalue weighted by molar-refractivity contribution is -0.125. The van der Waals surface area contributed by atoms with Gasteiger partial charge in [-0.05, 0) is 37.0 Å². The van der Waals surface area contributed by atoms with Gasteiger partial charge in [-0.2, -0.15) is 0 Å². The number of primary amides is 1. The van der Waals surface area contributed by atoms with Crippen LogP contribution in [0.2, 0.25) is 0 Å². The Morgan fingerprint density at radius 3 is 2.65 bits per heavy atom. The van der Waals surface area contributed by atoms with E-state index in [2.05, 4.69) is 18.7 Å². The number of nitrogens with two attached hydrogens (primary N) is 1. The van der Waals surface area contributed by atoms with Crippen molar-refractivity contribution in [1.82, 2.24) is 4.90 Å². The average Bonchev–Trinajstić information content (AvgIpc) is 2.51. The smallest absolute Gasteiger partial charge is 0.237 e. The molecule has 4 heteroatoms. The van der Waals surface area contributed by atoms with Gasteiger partial charge in [0.15, 0.2) is 0 Å². The summed E-state index contributed by atoms with van der Waals surface area (Å²) in [7, 11) is 0. The fraction of sp³-hybridized carbons (Fsp3) is 0.923. The number of hydrogen-bond donors (Lipinski definition) is 2. The average molecular weight is 240 g/mol. The number of aliphatic hydroxyl groups excluding tert-OH is 1. The first-order valence-corrected chi connectivity index (χ1v) is 6.70. The van der Waals surface area contributed by atoms with E-state index in [9.17, 15) is 9.90 Å². The molecule has 0 aromatic rings. The van der Waals surface area contributed by atoms with Crippen molar-refractivity contribution in [2.24, 2.45) is 23.5 Å². The molecule has 0 bridgehead atoms. The van der Waals surface area contributed by atoms with Crippen molar-refractivity contribution in [3.8, 4) is 0 Å². The Hall–Kier alpha value is -0.610. The zero-order chi connectivity index (χ0) is 12.6. The Bertz CT molecular complexity index is 287. The van der Waals surface area contributed by atoms with E-state index in [0.29, 0.717) is 12.3 Å². The maximum absolute atomic E-state index is 11.3. The van der Waals surface area contributed by atoms with E-state index in [1.807, 2.05) is 0 Å². The molecule has 1 aliphatic heterocycles. The number of hydrogen-bond acceptors (Lipinski definition) is 3. The summed E-state index contributed by atoms with van der Waals surface area (Å²) in [6.45, 7) is 6.27. The fourth-order valence-electron chi connectivity index (χ4n) is 3.23. The van der Waals surface area contributed by atoms with Crippen molar-refractivity contribution in [1.29, 1.82) is 0 Å². The highest BCUT2D eigenvalue weighted by Gasteiger charge is 2.40. The highest BCUT2D eigenvalue weighted by atomic mass is 16.3. The molecular weight excluding hydrogens is 216 g/mol. The Kier molecular flexibility index (Phi) is 3.73. The normalized spacial score (nSPS) is 38.4. The molecule has 0 radical (unpaired) electrons. The van der Waals surface area contributed by atoms with E-state index in [-0.39, 0.29) is 5.91 Å². The summed E-state index contributed by atoms with van der Waals surface area (Å²) in [6.07, 6.45) is 2.63. The topological polar surface area (TPSA) is 66.6 Å². The molecule has 98 valence electrons. The first kappa shape index (κ1) is 12.8. The number of rotatable bonds is 4. The van der Waals surface area contributed by atoms with Crippen LogP contribution in [0.1, 0.15) is 33.1 Å².